The maximum absolute atomic E-state index is 14.6. The van der Waals surface area contributed by atoms with Gasteiger partial charge >= 0.3 is 18.3 Å². The molecule has 0 bridgehead atoms. The van der Waals surface area contributed by atoms with E-state index in [0.29, 0.717) is 12.1 Å². The number of alkyl halides is 8. The van der Waals surface area contributed by atoms with Crippen molar-refractivity contribution in [3.63, 3.8) is 0 Å². The Labute approximate surface area is 288 Å². The third kappa shape index (κ3) is 7.33. The topological polar surface area (TPSA) is 101 Å². The number of hydrogen-bond donors (Lipinski definition) is 1. The van der Waals surface area contributed by atoms with Gasteiger partial charge in [0.25, 0.3) is 5.60 Å². The predicted octanol–water partition coefficient (Wildman–Crippen LogP) is 7.78. The highest BCUT2D eigenvalue weighted by atomic mass is 32.2. The first-order valence-electron chi connectivity index (χ1n) is 16.4. The zero-order chi connectivity index (χ0) is 37.6. The van der Waals surface area contributed by atoms with E-state index in [0.717, 1.165) is 36.4 Å². The number of ether oxygens (including phenoxy) is 1. The molecule has 51 heavy (non-hydrogen) atoms. The van der Waals surface area contributed by atoms with Crippen LogP contribution in [-0.4, -0.2) is 68.3 Å². The summed E-state index contributed by atoms with van der Waals surface area (Å²) in [6.07, 6.45) is -13.7. The van der Waals surface area contributed by atoms with Crippen LogP contribution in [0, 0.1) is 23.6 Å². The molecular formula is C34H36F9NO6S. The van der Waals surface area contributed by atoms with E-state index in [4.69, 9.17) is 4.74 Å². The van der Waals surface area contributed by atoms with Gasteiger partial charge in [0.1, 0.15) is 10.6 Å². The van der Waals surface area contributed by atoms with Crippen LogP contribution in [0.1, 0.15) is 68.9 Å². The lowest BCUT2D eigenvalue weighted by molar-refractivity contribution is -0.391. The number of rotatable bonds is 9. The highest BCUT2D eigenvalue weighted by Crippen LogP contribution is 2.54. The minimum atomic E-state index is -6.08. The molecule has 0 radical (unpaired) electrons. The molecule has 1 N–H and O–H groups in total. The number of carboxylic acids is 1. The molecule has 1 heterocycles. The Morgan fingerprint density at radius 2 is 1.33 bits per heavy atom. The molecule has 3 fully saturated rings. The molecule has 1 amide bonds. The Morgan fingerprint density at radius 3 is 1.84 bits per heavy atom. The number of likely N-dealkylation sites (tertiary alicyclic amines) is 1. The van der Waals surface area contributed by atoms with Crippen LogP contribution in [0.2, 0.25) is 0 Å². The Balaban J connectivity index is 1.51. The van der Waals surface area contributed by atoms with Gasteiger partial charge in [-0.15, -0.1) is 0 Å². The minimum absolute atomic E-state index is 0.154. The number of nitrogens with zero attached hydrogens (tertiary/aromatic N) is 1. The van der Waals surface area contributed by atoms with Crippen molar-refractivity contribution < 1.29 is 67.4 Å². The molecular weight excluding hydrogens is 721 g/mol. The van der Waals surface area contributed by atoms with Crippen LogP contribution < -0.4 is 0 Å². The summed E-state index contributed by atoms with van der Waals surface area (Å²) in [4.78, 5) is 25.8. The van der Waals surface area contributed by atoms with Gasteiger partial charge < -0.3 is 14.7 Å². The van der Waals surface area contributed by atoms with E-state index in [1.807, 2.05) is 0 Å². The number of amides is 1. The number of halogens is 9. The molecule has 0 spiro atoms. The summed E-state index contributed by atoms with van der Waals surface area (Å²) < 4.78 is 160. The molecule has 5 rings (SSSR count). The van der Waals surface area contributed by atoms with E-state index in [-0.39, 0.29) is 57.1 Å². The third-order valence-electron chi connectivity index (χ3n) is 10.6. The van der Waals surface area contributed by atoms with Gasteiger partial charge in [0.2, 0.25) is 11.8 Å². The van der Waals surface area contributed by atoms with E-state index < -0.39 is 110 Å². The fraction of sp³-hybridized carbons (Fsp3) is 0.588. The molecule has 2 aliphatic carbocycles. The van der Waals surface area contributed by atoms with Crippen LogP contribution >= 0.6 is 0 Å². The lowest BCUT2D eigenvalue weighted by Gasteiger charge is -2.39. The van der Waals surface area contributed by atoms with Gasteiger partial charge in [0.15, 0.2) is 9.84 Å². The minimum Gasteiger partial charge on any atom is -0.481 e. The number of sulfone groups is 1. The first-order chi connectivity index (χ1) is 23.6. The molecule has 7 nitrogen and oxygen atoms in total. The van der Waals surface area contributed by atoms with Crippen LogP contribution in [0.15, 0.2) is 53.4 Å². The molecule has 1 saturated heterocycles. The zero-order valence-electron chi connectivity index (χ0n) is 27.1. The van der Waals surface area contributed by atoms with Crippen molar-refractivity contribution in [3.05, 3.63) is 65.5 Å². The Bertz CT molecular complexity index is 1660. The summed E-state index contributed by atoms with van der Waals surface area (Å²) in [5, 5.41) is 9.31. The van der Waals surface area contributed by atoms with Crippen LogP contribution in [-0.2, 0) is 34.5 Å². The number of benzene rings is 2. The largest absolute Gasteiger partial charge is 0.481 e. The van der Waals surface area contributed by atoms with E-state index >= 15 is 0 Å². The smallest absolute Gasteiger partial charge is 0.430 e. The molecule has 3 aliphatic rings. The summed E-state index contributed by atoms with van der Waals surface area (Å²) in [7, 11) is -4.60. The molecule has 282 valence electrons. The Hall–Kier alpha value is -3.34. The van der Waals surface area contributed by atoms with Gasteiger partial charge in [-0.25, -0.2) is 21.6 Å². The van der Waals surface area contributed by atoms with Gasteiger partial charge in [-0.05, 0) is 80.7 Å². The maximum Gasteiger partial charge on any atom is 0.430 e. The normalized spacial score (nSPS) is 25.2. The van der Waals surface area contributed by atoms with E-state index in [9.17, 15) is 62.6 Å². The standard InChI is InChI=1S/C34H36F9NO6S/c35-26-9-11-27(12-10-26)51(48,49)30(17-18-44(20-30)28(45)22-1-3-23(4-2-22)29(46)47)24-5-7-25(8-6-24)32(33(38,39)40,34(41,42)43)50-19-21-13-15-31(36,37)16-14-21/h5-12,21-23H,1-4,13-20H2,(H,46,47). The zero-order valence-corrected chi connectivity index (χ0v) is 27.9. The van der Waals surface area contributed by atoms with E-state index in [1.165, 1.54) is 4.90 Å². The highest BCUT2D eigenvalue weighted by Gasteiger charge is 2.73. The van der Waals surface area contributed by atoms with E-state index in [2.05, 4.69) is 0 Å². The number of carbonyl (C=O) groups is 2. The molecule has 2 aromatic rings. The van der Waals surface area contributed by atoms with Gasteiger partial charge in [0, 0.05) is 37.4 Å². The lowest BCUT2D eigenvalue weighted by atomic mass is 9.81. The molecule has 1 atom stereocenters. The van der Waals surface area contributed by atoms with Crippen LogP contribution in [0.3, 0.4) is 0 Å². The fourth-order valence-corrected chi connectivity index (χ4v) is 9.60. The number of carbonyl (C=O) groups excluding carboxylic acids is 1. The SMILES string of the molecule is O=C(O)C1CCC(C(=O)N2CCC(c3ccc(C(OCC4CCC(F)(F)CC4)(C(F)(F)F)C(F)(F)F)cc3)(S(=O)(=O)c3ccc(F)cc3)C2)CC1. The number of hydrogen-bond acceptors (Lipinski definition) is 5. The molecule has 17 heteroatoms. The van der Waals surface area contributed by atoms with Crippen LogP contribution in [0.4, 0.5) is 39.5 Å². The summed E-state index contributed by atoms with van der Waals surface area (Å²) in [6, 6.07) is 6.20. The van der Waals surface area contributed by atoms with Crippen molar-refractivity contribution in [1.29, 1.82) is 0 Å². The Kier molecular flexibility index (Phi) is 10.6. The fourth-order valence-electron chi connectivity index (χ4n) is 7.52. The van der Waals surface area contributed by atoms with Crippen molar-refractivity contribution >= 4 is 21.7 Å². The maximum atomic E-state index is 14.6. The summed E-state index contributed by atoms with van der Waals surface area (Å²) in [5.41, 5.74) is -6.52. The average molecular weight is 758 g/mol. The van der Waals surface area contributed by atoms with Crippen molar-refractivity contribution in [3.8, 4) is 0 Å². The van der Waals surface area contributed by atoms with Gasteiger partial charge in [-0.1, -0.05) is 24.3 Å². The lowest BCUT2D eigenvalue weighted by Crippen LogP contribution is -2.56. The summed E-state index contributed by atoms with van der Waals surface area (Å²) >= 11 is 0. The van der Waals surface area contributed by atoms with Crippen molar-refractivity contribution in [2.75, 3.05) is 19.7 Å². The van der Waals surface area contributed by atoms with Gasteiger partial charge in [0.05, 0.1) is 17.4 Å². The number of carboxylic acid groups (broad SMARTS) is 1. The molecule has 2 aromatic carbocycles. The van der Waals surface area contributed by atoms with Crippen molar-refractivity contribution in [1.82, 2.24) is 4.90 Å². The highest BCUT2D eigenvalue weighted by molar-refractivity contribution is 7.92. The first-order valence-corrected chi connectivity index (χ1v) is 17.9. The van der Waals surface area contributed by atoms with Crippen molar-refractivity contribution in [2.24, 2.45) is 17.8 Å². The second-order valence-corrected chi connectivity index (χ2v) is 16.0. The molecule has 1 unspecified atom stereocenters. The van der Waals surface area contributed by atoms with Gasteiger partial charge in [-0.3, -0.25) is 9.59 Å². The average Bonchev–Trinajstić information content (AvgIpc) is 3.52. The van der Waals surface area contributed by atoms with Crippen molar-refractivity contribution in [2.45, 2.75) is 91.3 Å². The summed E-state index contributed by atoms with van der Waals surface area (Å²) in [6.45, 7) is -1.81. The second-order valence-electron chi connectivity index (χ2n) is 13.7. The van der Waals surface area contributed by atoms with E-state index in [1.54, 1.807) is 0 Å². The predicted molar refractivity (Wildman–Crippen MR) is 163 cm³/mol. The Morgan fingerprint density at radius 1 is 0.804 bits per heavy atom. The quantitative estimate of drug-likeness (QED) is 0.207. The van der Waals surface area contributed by atoms with Gasteiger partial charge in [-0.2, -0.15) is 26.3 Å². The van der Waals surface area contributed by atoms with Crippen LogP contribution in [0.25, 0.3) is 0 Å². The summed E-state index contributed by atoms with van der Waals surface area (Å²) in [5.74, 6) is -7.58. The monoisotopic (exact) mass is 757 g/mol. The molecule has 0 aromatic heterocycles. The van der Waals surface area contributed by atoms with Crippen LogP contribution in [0.5, 0.6) is 0 Å². The first kappa shape index (κ1) is 38.9. The molecule has 2 saturated carbocycles. The number of aliphatic carboxylic acids is 1. The third-order valence-corrected chi connectivity index (χ3v) is 13.1. The molecule has 1 aliphatic heterocycles. The second kappa shape index (κ2) is 13.9.